The normalized spacial score (nSPS) is 10.1. The van der Waals surface area contributed by atoms with Crippen molar-refractivity contribution in [2.24, 2.45) is 0 Å². The van der Waals surface area contributed by atoms with Gasteiger partial charge >= 0.3 is 5.97 Å². The molecule has 5 heteroatoms. The summed E-state index contributed by atoms with van der Waals surface area (Å²) in [6.45, 7) is 1.68. The van der Waals surface area contributed by atoms with Crippen molar-refractivity contribution in [2.45, 2.75) is 6.92 Å². The summed E-state index contributed by atoms with van der Waals surface area (Å²) >= 11 is 0. The van der Waals surface area contributed by atoms with E-state index in [0.29, 0.717) is 16.8 Å². The summed E-state index contributed by atoms with van der Waals surface area (Å²) in [5.41, 5.74) is 1.44. The number of carbonyl (C=O) groups is 2. The van der Waals surface area contributed by atoms with E-state index in [4.69, 9.17) is 5.11 Å². The second-order valence-electron chi connectivity index (χ2n) is 4.34. The van der Waals surface area contributed by atoms with Gasteiger partial charge in [0, 0.05) is 11.3 Å². The molecule has 0 atom stereocenters. The highest BCUT2D eigenvalue weighted by Crippen LogP contribution is 2.17. The van der Waals surface area contributed by atoms with E-state index in [0.717, 1.165) is 0 Å². The number of aromatic carboxylic acids is 1. The van der Waals surface area contributed by atoms with Gasteiger partial charge in [0.2, 0.25) is 0 Å². The van der Waals surface area contributed by atoms with E-state index in [9.17, 15) is 14.7 Å². The molecule has 0 unspecified atom stereocenters. The highest BCUT2D eigenvalue weighted by molar-refractivity contribution is 6.05. The Morgan fingerprint density at radius 1 is 1.10 bits per heavy atom. The number of benzene rings is 2. The Morgan fingerprint density at radius 2 is 1.85 bits per heavy atom. The minimum atomic E-state index is -1.05. The van der Waals surface area contributed by atoms with Gasteiger partial charge in [-0.2, -0.15) is 0 Å². The van der Waals surface area contributed by atoms with Gasteiger partial charge in [-0.05, 0) is 42.8 Å². The molecular formula is C15H13NO4. The Balaban J connectivity index is 2.24. The molecule has 0 radical (unpaired) electrons. The number of aromatic hydroxyl groups is 1. The van der Waals surface area contributed by atoms with Gasteiger partial charge in [-0.3, -0.25) is 4.79 Å². The molecule has 0 bridgehead atoms. The van der Waals surface area contributed by atoms with E-state index in [1.807, 2.05) is 0 Å². The van der Waals surface area contributed by atoms with Crippen LogP contribution in [0.2, 0.25) is 0 Å². The fourth-order valence-corrected chi connectivity index (χ4v) is 1.78. The lowest BCUT2D eigenvalue weighted by Gasteiger charge is -2.08. The predicted octanol–water partition coefficient (Wildman–Crippen LogP) is 2.65. The molecule has 0 aliphatic rings. The van der Waals surface area contributed by atoms with Crippen LogP contribution in [0.25, 0.3) is 0 Å². The van der Waals surface area contributed by atoms with Crippen molar-refractivity contribution >= 4 is 17.6 Å². The van der Waals surface area contributed by atoms with Crippen LogP contribution in [0.5, 0.6) is 5.75 Å². The number of phenolic OH excluding ortho intramolecular Hbond substituents is 1. The smallest absolute Gasteiger partial charge is 0.336 e. The second-order valence-corrected chi connectivity index (χ2v) is 4.34. The summed E-state index contributed by atoms with van der Waals surface area (Å²) in [5.74, 6) is -1.47. The minimum Gasteiger partial charge on any atom is -0.508 e. The number of phenols is 1. The number of carboxylic acid groups (broad SMARTS) is 1. The number of nitrogens with one attached hydrogen (secondary N) is 1. The standard InChI is InChI=1S/C15H13NO4/c1-9-5-6-11(8-13(9)15(19)20)16-14(18)10-3-2-4-12(17)7-10/h2-8,17H,1H3,(H,16,18)(H,19,20). The third kappa shape index (κ3) is 2.95. The Labute approximate surface area is 115 Å². The molecule has 2 aromatic rings. The molecule has 0 fully saturated rings. The molecule has 5 nitrogen and oxygen atoms in total. The van der Waals surface area contributed by atoms with Gasteiger partial charge in [0.25, 0.3) is 5.91 Å². The maximum absolute atomic E-state index is 12.0. The number of anilines is 1. The van der Waals surface area contributed by atoms with E-state index < -0.39 is 11.9 Å². The van der Waals surface area contributed by atoms with E-state index in [-0.39, 0.29) is 11.3 Å². The lowest BCUT2D eigenvalue weighted by molar-refractivity contribution is 0.0695. The third-order valence-electron chi connectivity index (χ3n) is 2.83. The number of carbonyl (C=O) groups excluding carboxylic acids is 1. The van der Waals surface area contributed by atoms with E-state index in [1.54, 1.807) is 31.2 Å². The molecule has 2 aromatic carbocycles. The average Bonchev–Trinajstić information content (AvgIpc) is 2.40. The van der Waals surface area contributed by atoms with Crippen LogP contribution in [0.1, 0.15) is 26.3 Å². The summed E-state index contributed by atoms with van der Waals surface area (Å²) in [7, 11) is 0. The Bertz CT molecular complexity index is 679. The monoisotopic (exact) mass is 271 g/mol. The van der Waals surface area contributed by atoms with Gasteiger partial charge in [-0.15, -0.1) is 0 Å². The topological polar surface area (TPSA) is 86.6 Å². The first kappa shape index (κ1) is 13.6. The van der Waals surface area contributed by atoms with Gasteiger partial charge in [0.15, 0.2) is 0 Å². The SMILES string of the molecule is Cc1ccc(NC(=O)c2cccc(O)c2)cc1C(=O)O. The van der Waals surface area contributed by atoms with Crippen molar-refractivity contribution in [3.8, 4) is 5.75 Å². The molecular weight excluding hydrogens is 258 g/mol. The van der Waals surface area contributed by atoms with Crippen LogP contribution < -0.4 is 5.32 Å². The van der Waals surface area contributed by atoms with E-state index >= 15 is 0 Å². The van der Waals surface area contributed by atoms with Gasteiger partial charge in [0.1, 0.15) is 5.75 Å². The first-order chi connectivity index (χ1) is 9.47. The number of aryl methyl sites for hydroxylation is 1. The van der Waals surface area contributed by atoms with Crippen molar-refractivity contribution < 1.29 is 19.8 Å². The average molecular weight is 271 g/mol. The van der Waals surface area contributed by atoms with Crippen molar-refractivity contribution in [1.82, 2.24) is 0 Å². The fourth-order valence-electron chi connectivity index (χ4n) is 1.78. The molecule has 2 rings (SSSR count). The Morgan fingerprint density at radius 3 is 2.50 bits per heavy atom. The van der Waals surface area contributed by atoms with Crippen LogP contribution in [-0.4, -0.2) is 22.1 Å². The van der Waals surface area contributed by atoms with Crippen molar-refractivity contribution in [1.29, 1.82) is 0 Å². The van der Waals surface area contributed by atoms with Crippen LogP contribution in [0.15, 0.2) is 42.5 Å². The molecule has 0 aliphatic carbocycles. The van der Waals surface area contributed by atoms with Gasteiger partial charge in [-0.1, -0.05) is 12.1 Å². The maximum atomic E-state index is 12.0. The minimum absolute atomic E-state index is 0.00668. The molecule has 0 saturated heterocycles. The summed E-state index contributed by atoms with van der Waals surface area (Å²) in [4.78, 5) is 23.0. The lowest BCUT2D eigenvalue weighted by atomic mass is 10.1. The predicted molar refractivity (Wildman–Crippen MR) is 74.2 cm³/mol. The molecule has 1 amide bonds. The third-order valence-corrected chi connectivity index (χ3v) is 2.83. The summed E-state index contributed by atoms with van der Waals surface area (Å²) < 4.78 is 0. The summed E-state index contributed by atoms with van der Waals surface area (Å²) in [6, 6.07) is 10.6. The number of carboxylic acids is 1. The molecule has 3 N–H and O–H groups in total. The molecule has 0 spiro atoms. The van der Waals surface area contributed by atoms with Crippen LogP contribution in [0.3, 0.4) is 0 Å². The molecule has 0 saturated carbocycles. The first-order valence-corrected chi connectivity index (χ1v) is 5.91. The van der Waals surface area contributed by atoms with E-state index in [1.165, 1.54) is 18.2 Å². The highest BCUT2D eigenvalue weighted by atomic mass is 16.4. The largest absolute Gasteiger partial charge is 0.508 e. The van der Waals surface area contributed by atoms with Gasteiger partial charge in [0.05, 0.1) is 5.56 Å². The zero-order valence-corrected chi connectivity index (χ0v) is 10.8. The second kappa shape index (κ2) is 5.44. The van der Waals surface area contributed by atoms with Crippen LogP contribution in [0, 0.1) is 6.92 Å². The highest BCUT2D eigenvalue weighted by Gasteiger charge is 2.11. The maximum Gasteiger partial charge on any atom is 0.336 e. The molecule has 20 heavy (non-hydrogen) atoms. The van der Waals surface area contributed by atoms with Gasteiger partial charge < -0.3 is 15.5 Å². The van der Waals surface area contributed by atoms with Crippen LogP contribution in [0.4, 0.5) is 5.69 Å². The van der Waals surface area contributed by atoms with Crippen LogP contribution in [-0.2, 0) is 0 Å². The summed E-state index contributed by atoms with van der Waals surface area (Å²) in [6.07, 6.45) is 0. The molecule has 0 aliphatic heterocycles. The molecule has 0 aromatic heterocycles. The molecule has 102 valence electrons. The van der Waals surface area contributed by atoms with Crippen molar-refractivity contribution in [3.63, 3.8) is 0 Å². The number of hydrogen-bond donors (Lipinski definition) is 3. The zero-order chi connectivity index (χ0) is 14.7. The Kier molecular flexibility index (Phi) is 3.70. The lowest BCUT2D eigenvalue weighted by Crippen LogP contribution is -2.12. The fraction of sp³-hybridized carbons (Fsp3) is 0.0667. The van der Waals surface area contributed by atoms with Crippen molar-refractivity contribution in [2.75, 3.05) is 5.32 Å². The number of amides is 1. The van der Waals surface area contributed by atoms with Crippen LogP contribution >= 0.6 is 0 Å². The first-order valence-electron chi connectivity index (χ1n) is 5.91. The quantitative estimate of drug-likeness (QED) is 0.801. The molecule has 0 heterocycles. The number of hydrogen-bond acceptors (Lipinski definition) is 3. The van der Waals surface area contributed by atoms with Crippen molar-refractivity contribution in [3.05, 3.63) is 59.2 Å². The van der Waals surface area contributed by atoms with E-state index in [2.05, 4.69) is 5.32 Å². The summed E-state index contributed by atoms with van der Waals surface area (Å²) in [5, 5.41) is 21.0. The van der Waals surface area contributed by atoms with Gasteiger partial charge in [-0.25, -0.2) is 4.79 Å². The number of rotatable bonds is 3. The zero-order valence-electron chi connectivity index (χ0n) is 10.8. The Hall–Kier alpha value is -2.82.